The van der Waals surface area contributed by atoms with Crippen molar-refractivity contribution in [1.82, 2.24) is 14.5 Å². The minimum atomic E-state index is -0.239. The van der Waals surface area contributed by atoms with Gasteiger partial charge in [0.1, 0.15) is 10.7 Å². The van der Waals surface area contributed by atoms with Gasteiger partial charge in [-0.05, 0) is 23.8 Å². The summed E-state index contributed by atoms with van der Waals surface area (Å²) in [6.07, 6.45) is 9.01. The first kappa shape index (κ1) is 12.5. The molecule has 1 aromatic heterocycles. The Balaban J connectivity index is 2.10. The number of terminal acetylenes is 1. The number of nitrogens with zero attached hydrogens (tertiary/aromatic N) is 2. The van der Waals surface area contributed by atoms with E-state index in [1.165, 1.54) is 0 Å². The molecule has 0 aromatic carbocycles. The number of rotatable bonds is 2. The lowest BCUT2D eigenvalue weighted by atomic mass is 10.1. The molecule has 20 heavy (non-hydrogen) atoms. The summed E-state index contributed by atoms with van der Waals surface area (Å²) < 4.78 is 1.92. The van der Waals surface area contributed by atoms with E-state index in [0.29, 0.717) is 17.3 Å². The van der Waals surface area contributed by atoms with Crippen LogP contribution in [0.4, 0.5) is 0 Å². The van der Waals surface area contributed by atoms with Crippen molar-refractivity contribution in [2.24, 2.45) is 0 Å². The van der Waals surface area contributed by atoms with Gasteiger partial charge in [0.2, 0.25) is 0 Å². The highest BCUT2D eigenvalue weighted by molar-refractivity contribution is 6.29. The molecule has 5 heteroatoms. The Morgan fingerprint density at radius 3 is 2.95 bits per heavy atom. The predicted octanol–water partition coefficient (Wildman–Crippen LogP) is 2.36. The molecule has 0 radical (unpaired) electrons. The van der Waals surface area contributed by atoms with Gasteiger partial charge in [0.15, 0.2) is 0 Å². The fourth-order valence-electron chi connectivity index (χ4n) is 2.19. The monoisotopic (exact) mass is 283 g/mol. The second-order valence-electron chi connectivity index (χ2n) is 4.36. The predicted molar refractivity (Wildman–Crippen MR) is 78.0 cm³/mol. The molecule has 0 saturated carbocycles. The first-order valence-electron chi connectivity index (χ1n) is 5.97. The molecule has 0 fully saturated rings. The second kappa shape index (κ2) is 4.87. The minimum absolute atomic E-state index is 0.239. The maximum atomic E-state index is 11.8. The Hall–Kier alpha value is -2.51. The molecular weight excluding hydrogens is 274 g/mol. The number of nitrogens with one attached hydrogen (secondary N) is 1. The number of aromatic amines is 1. The van der Waals surface area contributed by atoms with Gasteiger partial charge in [-0.15, -0.1) is 6.42 Å². The van der Waals surface area contributed by atoms with Gasteiger partial charge >= 0.3 is 0 Å². The van der Waals surface area contributed by atoms with E-state index in [1.807, 2.05) is 29.0 Å². The summed E-state index contributed by atoms with van der Waals surface area (Å²) in [6, 6.07) is 7.31. The normalized spacial score (nSPS) is 10.6. The lowest BCUT2D eigenvalue weighted by molar-refractivity contribution is 0.794. The minimum Gasteiger partial charge on any atom is -0.341 e. The van der Waals surface area contributed by atoms with E-state index in [0.717, 1.165) is 17.0 Å². The molecule has 0 bridgehead atoms. The van der Waals surface area contributed by atoms with Crippen LogP contribution < -0.4 is 5.56 Å². The number of pyridine rings is 2. The van der Waals surface area contributed by atoms with E-state index in [9.17, 15) is 4.79 Å². The summed E-state index contributed by atoms with van der Waals surface area (Å²) in [4.78, 5) is 18.6. The van der Waals surface area contributed by atoms with Crippen LogP contribution in [0.2, 0.25) is 5.15 Å². The van der Waals surface area contributed by atoms with Gasteiger partial charge < -0.3 is 9.55 Å². The zero-order chi connectivity index (χ0) is 14.1. The Morgan fingerprint density at radius 1 is 1.40 bits per heavy atom. The molecule has 0 amide bonds. The molecule has 0 unspecified atom stereocenters. The average molecular weight is 284 g/mol. The van der Waals surface area contributed by atoms with Gasteiger partial charge in [0, 0.05) is 18.9 Å². The van der Waals surface area contributed by atoms with Crippen LogP contribution in [0, 0.1) is 12.3 Å². The van der Waals surface area contributed by atoms with E-state index in [1.54, 1.807) is 12.3 Å². The van der Waals surface area contributed by atoms with Crippen molar-refractivity contribution in [2.75, 3.05) is 0 Å². The maximum absolute atomic E-state index is 11.8. The Morgan fingerprint density at radius 2 is 2.25 bits per heavy atom. The van der Waals surface area contributed by atoms with Gasteiger partial charge in [0.05, 0.1) is 11.4 Å². The third-order valence-corrected chi connectivity index (χ3v) is 3.29. The first-order chi connectivity index (χ1) is 9.69. The van der Waals surface area contributed by atoms with Crippen molar-refractivity contribution in [3.63, 3.8) is 0 Å². The van der Waals surface area contributed by atoms with E-state index in [2.05, 4.69) is 15.9 Å². The second-order valence-corrected chi connectivity index (χ2v) is 4.75. The van der Waals surface area contributed by atoms with Crippen molar-refractivity contribution in [3.05, 3.63) is 63.3 Å². The van der Waals surface area contributed by atoms with Gasteiger partial charge in [-0.3, -0.25) is 4.79 Å². The third-order valence-electron chi connectivity index (χ3n) is 3.07. The number of H-pyrrole nitrogens is 1. The first-order valence-corrected chi connectivity index (χ1v) is 6.35. The summed E-state index contributed by atoms with van der Waals surface area (Å²) in [5.74, 6) is 2.45. The number of hydrogen-bond acceptors (Lipinski definition) is 2. The summed E-state index contributed by atoms with van der Waals surface area (Å²) in [6.45, 7) is 0.563. The van der Waals surface area contributed by atoms with Crippen LogP contribution in [0.15, 0.2) is 41.5 Å². The van der Waals surface area contributed by atoms with Gasteiger partial charge in [-0.2, -0.15) is 0 Å². The molecule has 0 aliphatic carbocycles. The van der Waals surface area contributed by atoms with Crippen LogP contribution in [0.5, 0.6) is 0 Å². The summed E-state index contributed by atoms with van der Waals surface area (Å²) >= 11 is 5.77. The molecule has 0 saturated heterocycles. The van der Waals surface area contributed by atoms with Crippen molar-refractivity contribution in [2.45, 2.75) is 6.54 Å². The highest BCUT2D eigenvalue weighted by atomic mass is 35.5. The molecule has 98 valence electrons. The summed E-state index contributed by atoms with van der Waals surface area (Å²) in [5, 5.41) is 0.449. The Kier molecular flexibility index (Phi) is 3.05. The highest BCUT2D eigenvalue weighted by Gasteiger charge is 2.16. The molecule has 1 N–H and O–H groups in total. The van der Waals surface area contributed by atoms with E-state index in [-0.39, 0.29) is 5.56 Å². The molecule has 1 aromatic rings. The Bertz CT molecular complexity index is 824. The molecule has 3 heterocycles. The van der Waals surface area contributed by atoms with Crippen molar-refractivity contribution < 1.29 is 0 Å². The van der Waals surface area contributed by atoms with Crippen LogP contribution in [0.1, 0.15) is 11.1 Å². The number of halogens is 1. The summed E-state index contributed by atoms with van der Waals surface area (Å²) in [5.41, 5.74) is 2.55. The van der Waals surface area contributed by atoms with E-state index in [4.69, 9.17) is 18.0 Å². The number of aromatic nitrogens is 3. The molecule has 2 aliphatic heterocycles. The quantitative estimate of drug-likeness (QED) is 0.580. The lowest BCUT2D eigenvalue weighted by Crippen LogP contribution is -2.06. The molecule has 4 nitrogen and oxygen atoms in total. The van der Waals surface area contributed by atoms with Crippen molar-refractivity contribution in [1.29, 1.82) is 0 Å². The molecule has 0 spiro atoms. The molecular formula is C15H10ClN3O. The van der Waals surface area contributed by atoms with Gasteiger partial charge in [-0.25, -0.2) is 4.98 Å². The van der Waals surface area contributed by atoms with Crippen LogP contribution in [-0.4, -0.2) is 14.5 Å². The third kappa shape index (κ3) is 2.09. The molecule has 0 atom stereocenters. The lowest BCUT2D eigenvalue weighted by Gasteiger charge is -2.12. The number of hydrogen-bond donors (Lipinski definition) is 1. The van der Waals surface area contributed by atoms with Crippen molar-refractivity contribution in [3.8, 4) is 23.7 Å². The fraction of sp³-hybridized carbons (Fsp3) is 0.0667. The largest absolute Gasteiger partial charge is 0.341 e. The smallest absolute Gasteiger partial charge is 0.266 e. The zero-order valence-corrected chi connectivity index (χ0v) is 11.2. The van der Waals surface area contributed by atoms with Crippen LogP contribution in [0.3, 0.4) is 0 Å². The molecule has 3 rings (SSSR count). The van der Waals surface area contributed by atoms with Crippen LogP contribution >= 0.6 is 11.6 Å². The molecule has 2 aliphatic rings. The van der Waals surface area contributed by atoms with Gasteiger partial charge in [-0.1, -0.05) is 23.6 Å². The van der Waals surface area contributed by atoms with Crippen LogP contribution in [0.25, 0.3) is 11.4 Å². The summed E-state index contributed by atoms with van der Waals surface area (Å²) in [7, 11) is 0. The van der Waals surface area contributed by atoms with Gasteiger partial charge in [0.25, 0.3) is 5.56 Å². The maximum Gasteiger partial charge on any atom is 0.266 e. The zero-order valence-electron chi connectivity index (χ0n) is 10.4. The topological polar surface area (TPSA) is 50.7 Å². The fourth-order valence-corrected chi connectivity index (χ4v) is 2.30. The standard InChI is InChI=1S/C15H10ClN3O/c1-2-11-14-12(18-15(11)20)4-3-7-19(14)9-10-5-6-13(16)17-8-10/h1,3-8H,9H2,(H,18,20). The van der Waals surface area contributed by atoms with Crippen molar-refractivity contribution >= 4 is 11.6 Å². The number of fused-ring (bicyclic) bond motifs is 1. The SMILES string of the molecule is C#Cc1c2n(Cc3ccc(Cl)nc3)cccc-2[nH]c1=O. The van der Waals surface area contributed by atoms with E-state index < -0.39 is 0 Å². The average Bonchev–Trinajstić information content (AvgIpc) is 2.77. The Labute approximate surface area is 120 Å². The van der Waals surface area contributed by atoms with Crippen LogP contribution in [-0.2, 0) is 6.54 Å². The van der Waals surface area contributed by atoms with E-state index >= 15 is 0 Å². The highest BCUT2D eigenvalue weighted by Crippen LogP contribution is 2.22.